The topological polar surface area (TPSA) is 88.3 Å². The molecule has 158 valence electrons. The number of aromatic nitrogens is 2. The van der Waals surface area contributed by atoms with Crippen LogP contribution in [0.5, 0.6) is 0 Å². The summed E-state index contributed by atoms with van der Waals surface area (Å²) in [5.41, 5.74) is 2.27. The molecule has 0 spiro atoms. The molecule has 2 aliphatic rings. The molecule has 0 atom stereocenters. The van der Waals surface area contributed by atoms with E-state index in [1.165, 1.54) is 0 Å². The zero-order chi connectivity index (χ0) is 21.2. The third-order valence-corrected chi connectivity index (χ3v) is 5.95. The molecule has 2 fully saturated rings. The number of nitrogens with one attached hydrogen (secondary N) is 1. The number of carbonyl (C=O) groups excluding carboxylic acids is 2. The molecule has 7 heteroatoms. The van der Waals surface area contributed by atoms with Gasteiger partial charge in [-0.25, -0.2) is 0 Å². The Morgan fingerprint density at radius 3 is 2.32 bits per heavy atom. The van der Waals surface area contributed by atoms with E-state index < -0.39 is 0 Å². The molecule has 1 aromatic heterocycles. The highest BCUT2D eigenvalue weighted by Gasteiger charge is 2.30. The Morgan fingerprint density at radius 2 is 1.65 bits per heavy atom. The summed E-state index contributed by atoms with van der Waals surface area (Å²) < 4.78 is 5.31. The predicted octanol–water partition coefficient (Wildman–Crippen LogP) is 4.10. The fourth-order valence-corrected chi connectivity index (χ4v) is 3.90. The molecule has 0 bridgehead atoms. The van der Waals surface area contributed by atoms with Crippen molar-refractivity contribution in [1.29, 1.82) is 0 Å². The van der Waals surface area contributed by atoms with E-state index in [4.69, 9.17) is 4.52 Å². The van der Waals surface area contributed by atoms with Crippen molar-refractivity contribution in [3.63, 3.8) is 0 Å². The van der Waals surface area contributed by atoms with Crippen LogP contribution >= 0.6 is 0 Å². The highest BCUT2D eigenvalue weighted by atomic mass is 16.5. The maximum atomic E-state index is 12.9. The molecule has 0 unspecified atom stereocenters. The van der Waals surface area contributed by atoms with Crippen LogP contribution in [0.2, 0.25) is 0 Å². The van der Waals surface area contributed by atoms with E-state index in [0.717, 1.165) is 24.1 Å². The Bertz CT molecular complexity index is 1070. The Kier molecular flexibility index (Phi) is 5.24. The molecular formula is C24H24N4O3. The van der Waals surface area contributed by atoms with Crippen LogP contribution in [0, 0.1) is 5.92 Å². The highest BCUT2D eigenvalue weighted by Crippen LogP contribution is 2.39. The van der Waals surface area contributed by atoms with Gasteiger partial charge in [-0.05, 0) is 49.9 Å². The molecule has 1 aliphatic heterocycles. The molecular weight excluding hydrogens is 392 g/mol. The number of para-hydroxylation sites is 1. The summed E-state index contributed by atoms with van der Waals surface area (Å²) in [6.45, 7) is 1.14. The Morgan fingerprint density at radius 1 is 0.935 bits per heavy atom. The van der Waals surface area contributed by atoms with Crippen molar-refractivity contribution >= 4 is 17.5 Å². The van der Waals surface area contributed by atoms with E-state index in [2.05, 4.69) is 15.5 Å². The van der Waals surface area contributed by atoms with E-state index in [0.29, 0.717) is 49.1 Å². The van der Waals surface area contributed by atoms with Crippen molar-refractivity contribution in [1.82, 2.24) is 15.0 Å². The van der Waals surface area contributed by atoms with Gasteiger partial charge in [0, 0.05) is 41.7 Å². The number of hydrogen-bond acceptors (Lipinski definition) is 5. The zero-order valence-electron chi connectivity index (χ0n) is 17.2. The molecule has 3 aromatic rings. The number of amides is 2. The number of carbonyl (C=O) groups is 2. The van der Waals surface area contributed by atoms with Crippen LogP contribution in [0.15, 0.2) is 59.1 Å². The molecule has 31 heavy (non-hydrogen) atoms. The number of likely N-dealkylation sites (tertiary alicyclic amines) is 1. The van der Waals surface area contributed by atoms with Crippen molar-refractivity contribution in [2.45, 2.75) is 31.6 Å². The van der Waals surface area contributed by atoms with E-state index in [-0.39, 0.29) is 17.7 Å². The van der Waals surface area contributed by atoms with E-state index >= 15 is 0 Å². The first-order valence-corrected chi connectivity index (χ1v) is 10.8. The number of hydrogen-bond donors (Lipinski definition) is 1. The summed E-state index contributed by atoms with van der Waals surface area (Å²) in [5.74, 6) is 1.61. The van der Waals surface area contributed by atoms with Crippen LogP contribution < -0.4 is 5.32 Å². The molecule has 2 heterocycles. The summed E-state index contributed by atoms with van der Waals surface area (Å²) in [6, 6.07) is 16.8. The van der Waals surface area contributed by atoms with Crippen LogP contribution in [0.1, 0.15) is 47.8 Å². The van der Waals surface area contributed by atoms with Gasteiger partial charge >= 0.3 is 0 Å². The smallest absolute Gasteiger partial charge is 0.253 e. The Labute approximate surface area is 180 Å². The second-order valence-corrected chi connectivity index (χ2v) is 8.23. The van der Waals surface area contributed by atoms with Crippen LogP contribution in [0.4, 0.5) is 5.69 Å². The average molecular weight is 416 g/mol. The zero-order valence-corrected chi connectivity index (χ0v) is 17.2. The number of piperidine rings is 1. The maximum Gasteiger partial charge on any atom is 0.253 e. The van der Waals surface area contributed by atoms with Crippen molar-refractivity contribution in [2.24, 2.45) is 5.92 Å². The third-order valence-electron chi connectivity index (χ3n) is 5.95. The summed E-state index contributed by atoms with van der Waals surface area (Å²) >= 11 is 0. The molecule has 5 rings (SSSR count). The van der Waals surface area contributed by atoms with Crippen LogP contribution in [0.3, 0.4) is 0 Å². The summed E-state index contributed by atoms with van der Waals surface area (Å²) in [6.07, 6.45) is 3.55. The largest absolute Gasteiger partial charge is 0.339 e. The molecule has 1 saturated heterocycles. The SMILES string of the molecule is O=C(Nc1ccccc1)C1CCN(C(=O)c2ccc(-c3noc(C4CC4)n3)cc2)CC1. The van der Waals surface area contributed by atoms with Gasteiger partial charge < -0.3 is 14.7 Å². The third kappa shape index (κ3) is 4.35. The summed E-state index contributed by atoms with van der Waals surface area (Å²) in [4.78, 5) is 31.7. The number of benzene rings is 2. The molecule has 7 nitrogen and oxygen atoms in total. The van der Waals surface area contributed by atoms with Crippen molar-refractivity contribution in [3.05, 3.63) is 66.1 Å². The lowest BCUT2D eigenvalue weighted by Crippen LogP contribution is -2.41. The average Bonchev–Trinajstić information content (AvgIpc) is 3.56. The minimum Gasteiger partial charge on any atom is -0.339 e. The standard InChI is InChI=1S/C24H24N4O3/c29-22(25-20-4-2-1-3-5-20)17-12-14-28(15-13-17)24(30)19-10-6-16(7-11-19)21-26-23(31-27-21)18-8-9-18/h1-7,10-11,17-18H,8-9,12-15H2,(H,25,29). The van der Waals surface area contributed by atoms with Gasteiger partial charge in [-0.15, -0.1) is 0 Å². The number of nitrogens with zero attached hydrogens (tertiary/aromatic N) is 3. The highest BCUT2D eigenvalue weighted by molar-refractivity contribution is 5.95. The lowest BCUT2D eigenvalue weighted by molar-refractivity contribution is -0.121. The predicted molar refractivity (Wildman–Crippen MR) is 115 cm³/mol. The molecule has 1 N–H and O–H groups in total. The van der Waals surface area contributed by atoms with Gasteiger partial charge in [0.2, 0.25) is 17.6 Å². The first kappa shape index (κ1) is 19.5. The molecule has 2 amide bonds. The van der Waals surface area contributed by atoms with Gasteiger partial charge in [-0.2, -0.15) is 4.98 Å². The van der Waals surface area contributed by atoms with Crippen molar-refractivity contribution in [2.75, 3.05) is 18.4 Å². The first-order chi connectivity index (χ1) is 15.2. The summed E-state index contributed by atoms with van der Waals surface area (Å²) in [5, 5.41) is 7.01. The van der Waals surface area contributed by atoms with Crippen LogP contribution in [-0.4, -0.2) is 39.9 Å². The molecule has 1 saturated carbocycles. The van der Waals surface area contributed by atoms with Crippen molar-refractivity contribution < 1.29 is 14.1 Å². The minimum atomic E-state index is -0.0782. The van der Waals surface area contributed by atoms with E-state index in [1.54, 1.807) is 12.1 Å². The lowest BCUT2D eigenvalue weighted by atomic mass is 9.95. The van der Waals surface area contributed by atoms with Gasteiger partial charge in [-0.3, -0.25) is 9.59 Å². The van der Waals surface area contributed by atoms with Crippen molar-refractivity contribution in [3.8, 4) is 11.4 Å². The monoisotopic (exact) mass is 416 g/mol. The van der Waals surface area contributed by atoms with Gasteiger partial charge in [0.05, 0.1) is 0 Å². The molecule has 0 radical (unpaired) electrons. The Balaban J connectivity index is 1.17. The fraction of sp³-hybridized carbons (Fsp3) is 0.333. The second-order valence-electron chi connectivity index (χ2n) is 8.23. The number of rotatable bonds is 5. The molecule has 2 aromatic carbocycles. The summed E-state index contributed by atoms with van der Waals surface area (Å²) in [7, 11) is 0. The quantitative estimate of drug-likeness (QED) is 0.676. The second kappa shape index (κ2) is 8.34. The van der Waals surface area contributed by atoms with E-state index in [1.807, 2.05) is 47.4 Å². The number of anilines is 1. The van der Waals surface area contributed by atoms with Gasteiger partial charge in [-0.1, -0.05) is 35.5 Å². The fourth-order valence-electron chi connectivity index (χ4n) is 3.90. The van der Waals surface area contributed by atoms with Gasteiger partial charge in [0.1, 0.15) is 0 Å². The normalized spacial score (nSPS) is 16.8. The Hall–Kier alpha value is -3.48. The van der Waals surface area contributed by atoms with Gasteiger partial charge in [0.15, 0.2) is 0 Å². The van der Waals surface area contributed by atoms with E-state index in [9.17, 15) is 9.59 Å². The first-order valence-electron chi connectivity index (χ1n) is 10.8. The van der Waals surface area contributed by atoms with Gasteiger partial charge in [0.25, 0.3) is 5.91 Å². The van der Waals surface area contributed by atoms with Crippen LogP contribution in [0.25, 0.3) is 11.4 Å². The maximum absolute atomic E-state index is 12.9. The lowest BCUT2D eigenvalue weighted by Gasteiger charge is -2.31. The van der Waals surface area contributed by atoms with Crippen LogP contribution in [-0.2, 0) is 4.79 Å². The minimum absolute atomic E-state index is 0.0137. The molecule has 1 aliphatic carbocycles.